The summed E-state index contributed by atoms with van der Waals surface area (Å²) in [5.74, 6) is -2.34. The van der Waals surface area contributed by atoms with Crippen LogP contribution in [0.3, 0.4) is 0 Å². The van der Waals surface area contributed by atoms with Gasteiger partial charge in [-0.05, 0) is 35.9 Å². The van der Waals surface area contributed by atoms with Gasteiger partial charge in [0.2, 0.25) is 5.91 Å². The normalized spacial score (nSPS) is 10.9. The van der Waals surface area contributed by atoms with Crippen molar-refractivity contribution in [2.24, 2.45) is 0 Å². The average molecular weight is 328 g/mol. The minimum Gasteiger partial charge on any atom is -0.318 e. The number of amides is 1. The molecule has 2 aromatic carbocycles. The molecule has 0 aliphatic rings. The van der Waals surface area contributed by atoms with Gasteiger partial charge < -0.3 is 5.32 Å². The fraction of sp³-hybridized carbons (Fsp3) is 0. The monoisotopic (exact) mass is 327 g/mol. The van der Waals surface area contributed by atoms with E-state index < -0.39 is 23.2 Å². The predicted octanol–water partition coefficient (Wildman–Crippen LogP) is 4.92. The Labute approximate surface area is 130 Å². The number of carbonyl (C=O) groups is 1. The fourth-order valence-electron chi connectivity index (χ4n) is 1.57. The van der Waals surface area contributed by atoms with Gasteiger partial charge in [0.15, 0.2) is 0 Å². The minimum absolute atomic E-state index is 0.347. The SMILES string of the molecule is O=C(/C=C/c1ccc(Cl)c(Cl)c1)Nc1c(F)cccc1F. The molecular formula is C15H9Cl2F2NO. The van der Waals surface area contributed by atoms with Crippen molar-refractivity contribution in [3.8, 4) is 0 Å². The molecule has 0 heterocycles. The van der Waals surface area contributed by atoms with Crippen LogP contribution in [0.2, 0.25) is 10.0 Å². The van der Waals surface area contributed by atoms with Crippen molar-refractivity contribution in [2.45, 2.75) is 0 Å². The third-order valence-corrected chi connectivity index (χ3v) is 3.32. The second kappa shape index (κ2) is 6.70. The first-order valence-corrected chi connectivity index (χ1v) is 6.61. The van der Waals surface area contributed by atoms with E-state index in [0.717, 1.165) is 18.2 Å². The van der Waals surface area contributed by atoms with Crippen molar-refractivity contribution in [1.29, 1.82) is 0 Å². The summed E-state index contributed by atoms with van der Waals surface area (Å²) in [6.45, 7) is 0. The predicted molar refractivity (Wildman–Crippen MR) is 80.5 cm³/mol. The first-order chi connectivity index (χ1) is 9.97. The molecule has 108 valence electrons. The van der Waals surface area contributed by atoms with Gasteiger partial charge in [-0.1, -0.05) is 35.3 Å². The van der Waals surface area contributed by atoms with Crippen LogP contribution in [0, 0.1) is 11.6 Å². The number of nitrogens with one attached hydrogen (secondary N) is 1. The third-order valence-electron chi connectivity index (χ3n) is 2.58. The largest absolute Gasteiger partial charge is 0.318 e. The van der Waals surface area contributed by atoms with Crippen molar-refractivity contribution in [2.75, 3.05) is 5.32 Å². The molecule has 21 heavy (non-hydrogen) atoms. The first kappa shape index (κ1) is 15.5. The minimum atomic E-state index is -0.841. The maximum absolute atomic E-state index is 13.4. The van der Waals surface area contributed by atoms with Crippen LogP contribution in [-0.4, -0.2) is 5.91 Å². The van der Waals surface area contributed by atoms with Crippen LogP contribution in [0.25, 0.3) is 6.08 Å². The lowest BCUT2D eigenvalue weighted by Gasteiger charge is -2.04. The summed E-state index contributed by atoms with van der Waals surface area (Å²) in [5.41, 5.74) is 0.148. The Morgan fingerprint density at radius 1 is 1.05 bits per heavy atom. The molecule has 6 heteroatoms. The van der Waals surface area contributed by atoms with E-state index in [1.165, 1.54) is 12.1 Å². The van der Waals surface area contributed by atoms with Crippen LogP contribution in [0.1, 0.15) is 5.56 Å². The molecule has 2 aromatic rings. The Bertz CT molecular complexity index is 697. The highest BCUT2D eigenvalue weighted by Gasteiger charge is 2.09. The van der Waals surface area contributed by atoms with E-state index in [9.17, 15) is 13.6 Å². The van der Waals surface area contributed by atoms with Gasteiger partial charge in [0.1, 0.15) is 17.3 Å². The summed E-state index contributed by atoms with van der Waals surface area (Å²) in [6.07, 6.45) is 2.60. The Hall–Kier alpha value is -1.91. The molecule has 0 aliphatic heterocycles. The number of para-hydroxylation sites is 1. The van der Waals surface area contributed by atoms with E-state index in [0.29, 0.717) is 15.6 Å². The highest BCUT2D eigenvalue weighted by molar-refractivity contribution is 6.42. The van der Waals surface area contributed by atoms with Crippen molar-refractivity contribution in [3.63, 3.8) is 0 Å². The Morgan fingerprint density at radius 2 is 1.71 bits per heavy atom. The molecule has 0 saturated heterocycles. The Kier molecular flexibility index (Phi) is 4.94. The van der Waals surface area contributed by atoms with Crippen LogP contribution in [0.4, 0.5) is 14.5 Å². The Morgan fingerprint density at radius 3 is 2.33 bits per heavy atom. The third kappa shape index (κ3) is 4.03. The van der Waals surface area contributed by atoms with Crippen molar-refractivity contribution >= 4 is 40.9 Å². The lowest BCUT2D eigenvalue weighted by Crippen LogP contribution is -2.10. The number of hydrogen-bond donors (Lipinski definition) is 1. The average Bonchev–Trinajstić information content (AvgIpc) is 2.44. The van der Waals surface area contributed by atoms with Crippen LogP contribution >= 0.6 is 23.2 Å². The van der Waals surface area contributed by atoms with E-state index in [-0.39, 0.29) is 0 Å². The molecule has 0 radical (unpaired) electrons. The zero-order valence-corrected chi connectivity index (χ0v) is 12.1. The Balaban J connectivity index is 2.11. The summed E-state index contributed by atoms with van der Waals surface area (Å²) in [4.78, 5) is 11.7. The van der Waals surface area contributed by atoms with Crippen LogP contribution in [-0.2, 0) is 4.79 Å². The van der Waals surface area contributed by atoms with Crippen LogP contribution in [0.15, 0.2) is 42.5 Å². The maximum atomic E-state index is 13.4. The zero-order valence-electron chi connectivity index (χ0n) is 10.5. The number of anilines is 1. The van der Waals surface area contributed by atoms with E-state index >= 15 is 0 Å². The smallest absolute Gasteiger partial charge is 0.248 e. The summed E-state index contributed by atoms with van der Waals surface area (Å²) >= 11 is 11.6. The van der Waals surface area contributed by atoms with Gasteiger partial charge in [-0.25, -0.2) is 8.78 Å². The van der Waals surface area contributed by atoms with Crippen molar-refractivity contribution < 1.29 is 13.6 Å². The van der Waals surface area contributed by atoms with Gasteiger partial charge in [0.25, 0.3) is 0 Å². The second-order valence-electron chi connectivity index (χ2n) is 4.09. The highest BCUT2D eigenvalue weighted by Crippen LogP contribution is 2.23. The summed E-state index contributed by atoms with van der Waals surface area (Å²) in [5, 5.41) is 2.88. The molecule has 0 fully saturated rings. The van der Waals surface area contributed by atoms with Crippen LogP contribution < -0.4 is 5.32 Å². The van der Waals surface area contributed by atoms with Crippen molar-refractivity contribution in [3.05, 3.63) is 69.7 Å². The van der Waals surface area contributed by atoms with E-state index in [4.69, 9.17) is 23.2 Å². The molecule has 2 rings (SSSR count). The summed E-state index contributed by atoms with van der Waals surface area (Å²) in [7, 11) is 0. The van der Waals surface area contributed by atoms with E-state index in [1.807, 2.05) is 0 Å². The first-order valence-electron chi connectivity index (χ1n) is 5.85. The van der Waals surface area contributed by atoms with Crippen molar-refractivity contribution in [1.82, 2.24) is 0 Å². The van der Waals surface area contributed by atoms with Gasteiger partial charge in [0.05, 0.1) is 10.0 Å². The van der Waals surface area contributed by atoms with Gasteiger partial charge >= 0.3 is 0 Å². The molecule has 2 nitrogen and oxygen atoms in total. The molecule has 0 bridgehead atoms. The molecule has 1 amide bonds. The van der Waals surface area contributed by atoms with Crippen LogP contribution in [0.5, 0.6) is 0 Å². The lowest BCUT2D eigenvalue weighted by atomic mass is 10.2. The number of carbonyl (C=O) groups excluding carboxylic acids is 1. The zero-order chi connectivity index (χ0) is 15.4. The molecule has 0 aliphatic carbocycles. The van der Waals surface area contributed by atoms with E-state index in [2.05, 4.69) is 5.32 Å². The molecule has 0 saturated carbocycles. The molecule has 0 aromatic heterocycles. The van der Waals surface area contributed by atoms with E-state index in [1.54, 1.807) is 18.2 Å². The summed E-state index contributed by atoms with van der Waals surface area (Å²) < 4.78 is 26.7. The van der Waals surface area contributed by atoms with Gasteiger partial charge in [-0.2, -0.15) is 0 Å². The number of benzene rings is 2. The van der Waals surface area contributed by atoms with Gasteiger partial charge in [-0.15, -0.1) is 0 Å². The molecule has 0 unspecified atom stereocenters. The van der Waals surface area contributed by atoms with Gasteiger partial charge in [-0.3, -0.25) is 4.79 Å². The molecular weight excluding hydrogens is 319 g/mol. The topological polar surface area (TPSA) is 29.1 Å². The molecule has 1 N–H and O–H groups in total. The fourth-order valence-corrected chi connectivity index (χ4v) is 1.88. The highest BCUT2D eigenvalue weighted by atomic mass is 35.5. The number of rotatable bonds is 3. The standard InChI is InChI=1S/C15H9Cl2F2NO/c16-10-6-4-9(8-11(10)17)5-7-14(21)20-15-12(18)2-1-3-13(15)19/h1-8H,(H,20,21)/b7-5+. The number of hydrogen-bond acceptors (Lipinski definition) is 1. The maximum Gasteiger partial charge on any atom is 0.248 e. The van der Waals surface area contributed by atoms with Gasteiger partial charge in [0, 0.05) is 6.08 Å². The lowest BCUT2D eigenvalue weighted by molar-refractivity contribution is -0.111. The molecule has 0 spiro atoms. The molecule has 0 atom stereocenters. The quantitative estimate of drug-likeness (QED) is 0.796. The summed E-state index contributed by atoms with van der Waals surface area (Å²) in [6, 6.07) is 8.13. The second-order valence-corrected chi connectivity index (χ2v) is 4.91. The number of halogens is 4.